The minimum Gasteiger partial charge on any atom is -0.454 e. The third-order valence-electron chi connectivity index (χ3n) is 4.78. The normalized spacial score (nSPS) is 17.0. The molecule has 2 aliphatic heterocycles. The average molecular weight is 366 g/mol. The van der Waals surface area contributed by atoms with Gasteiger partial charge in [-0.3, -0.25) is 10.2 Å². The number of hydrogen-bond acceptors (Lipinski definition) is 6. The number of nitrogens with zero attached hydrogens (tertiary/aromatic N) is 2. The van der Waals surface area contributed by atoms with Gasteiger partial charge < -0.3 is 20.1 Å². The van der Waals surface area contributed by atoms with Crippen LogP contribution in [-0.4, -0.2) is 36.9 Å². The summed E-state index contributed by atoms with van der Waals surface area (Å²) in [6.07, 6.45) is 0.892. The first kappa shape index (κ1) is 17.2. The van der Waals surface area contributed by atoms with Gasteiger partial charge in [-0.1, -0.05) is 19.1 Å². The molecule has 7 heteroatoms. The van der Waals surface area contributed by atoms with Gasteiger partial charge in [0.25, 0.3) is 5.91 Å². The summed E-state index contributed by atoms with van der Waals surface area (Å²) in [7, 11) is 1.80. The Morgan fingerprint density at radius 3 is 2.67 bits per heavy atom. The largest absolute Gasteiger partial charge is 0.454 e. The first-order valence-corrected chi connectivity index (χ1v) is 8.96. The smallest absolute Gasteiger partial charge is 0.251 e. The fourth-order valence-corrected chi connectivity index (χ4v) is 3.38. The molecule has 7 nitrogen and oxygen atoms in total. The number of carbonyl (C=O) groups is 1. The van der Waals surface area contributed by atoms with E-state index in [1.54, 1.807) is 11.9 Å². The molecule has 0 saturated heterocycles. The van der Waals surface area contributed by atoms with E-state index < -0.39 is 6.04 Å². The van der Waals surface area contributed by atoms with Crippen LogP contribution in [0.1, 0.15) is 36.1 Å². The fourth-order valence-electron chi connectivity index (χ4n) is 3.38. The maximum atomic E-state index is 12.9. The molecular formula is C20H22N4O3. The maximum Gasteiger partial charge on any atom is 0.251 e. The minimum atomic E-state index is -0.566. The zero-order valence-corrected chi connectivity index (χ0v) is 15.4. The lowest BCUT2D eigenvalue weighted by molar-refractivity contribution is -0.132. The molecule has 0 saturated carbocycles. The van der Waals surface area contributed by atoms with Gasteiger partial charge in [0.05, 0.1) is 5.71 Å². The summed E-state index contributed by atoms with van der Waals surface area (Å²) in [5.41, 5.74) is 12.9. The van der Waals surface area contributed by atoms with Crippen LogP contribution >= 0.6 is 0 Å². The molecule has 0 spiro atoms. The van der Waals surface area contributed by atoms with Crippen molar-refractivity contribution in [3.05, 3.63) is 53.1 Å². The van der Waals surface area contributed by atoms with E-state index in [0.29, 0.717) is 23.7 Å². The molecule has 140 valence electrons. The lowest BCUT2D eigenvalue weighted by atomic mass is 9.91. The highest BCUT2D eigenvalue weighted by molar-refractivity contribution is 6.15. The van der Waals surface area contributed by atoms with Gasteiger partial charge in [0.15, 0.2) is 11.5 Å². The molecule has 0 aliphatic carbocycles. The SMILES string of the molecule is CCCN(C)C(=O)C1NN=C(c2ccc(N)cc2)c2cc3c(cc21)OCO3. The highest BCUT2D eigenvalue weighted by atomic mass is 16.7. The Morgan fingerprint density at radius 2 is 1.96 bits per heavy atom. The molecule has 2 aromatic rings. The fraction of sp³-hybridized carbons (Fsp3) is 0.300. The molecule has 0 fully saturated rings. The highest BCUT2D eigenvalue weighted by Crippen LogP contribution is 2.39. The van der Waals surface area contributed by atoms with E-state index in [9.17, 15) is 4.79 Å². The van der Waals surface area contributed by atoms with Gasteiger partial charge in [-0.15, -0.1) is 0 Å². The van der Waals surface area contributed by atoms with Gasteiger partial charge in [-0.25, -0.2) is 0 Å². The summed E-state index contributed by atoms with van der Waals surface area (Å²) in [4.78, 5) is 14.7. The number of anilines is 1. The Hall–Kier alpha value is -3.22. The third-order valence-corrected chi connectivity index (χ3v) is 4.78. The molecular weight excluding hydrogens is 344 g/mol. The van der Waals surface area contributed by atoms with Crippen LogP contribution in [0, 0.1) is 0 Å². The molecule has 2 aliphatic rings. The Balaban J connectivity index is 1.79. The van der Waals surface area contributed by atoms with Crippen LogP contribution < -0.4 is 20.6 Å². The Morgan fingerprint density at radius 1 is 1.26 bits per heavy atom. The van der Waals surface area contributed by atoms with Crippen molar-refractivity contribution >= 4 is 17.3 Å². The number of nitrogens with one attached hydrogen (secondary N) is 1. The van der Waals surface area contributed by atoms with Crippen molar-refractivity contribution in [3.63, 3.8) is 0 Å². The van der Waals surface area contributed by atoms with Gasteiger partial charge in [0, 0.05) is 30.4 Å². The summed E-state index contributed by atoms with van der Waals surface area (Å²) < 4.78 is 11.1. The molecule has 0 bridgehead atoms. The van der Waals surface area contributed by atoms with E-state index >= 15 is 0 Å². The molecule has 1 atom stereocenters. The molecule has 0 aromatic heterocycles. The van der Waals surface area contributed by atoms with Crippen molar-refractivity contribution in [1.29, 1.82) is 0 Å². The van der Waals surface area contributed by atoms with E-state index in [1.807, 2.05) is 43.3 Å². The van der Waals surface area contributed by atoms with Crippen LogP contribution in [0.5, 0.6) is 11.5 Å². The number of nitrogens with two attached hydrogens (primary N) is 1. The number of hydrogen-bond donors (Lipinski definition) is 2. The molecule has 4 rings (SSSR count). The molecule has 0 radical (unpaired) electrons. The van der Waals surface area contributed by atoms with Crippen LogP contribution in [0.15, 0.2) is 41.5 Å². The summed E-state index contributed by atoms with van der Waals surface area (Å²) in [5, 5.41) is 4.52. The number of ether oxygens (including phenoxy) is 2. The number of rotatable bonds is 4. The lowest BCUT2D eigenvalue weighted by Gasteiger charge is -2.29. The highest BCUT2D eigenvalue weighted by Gasteiger charge is 2.33. The Kier molecular flexibility index (Phi) is 4.35. The van der Waals surface area contributed by atoms with E-state index in [4.69, 9.17) is 15.2 Å². The molecule has 1 unspecified atom stereocenters. The number of fused-ring (bicyclic) bond motifs is 2. The number of likely N-dealkylation sites (N-methyl/N-ethyl adjacent to an activating group) is 1. The van der Waals surface area contributed by atoms with Gasteiger partial charge >= 0.3 is 0 Å². The monoisotopic (exact) mass is 366 g/mol. The van der Waals surface area contributed by atoms with Crippen molar-refractivity contribution in [1.82, 2.24) is 10.3 Å². The predicted molar refractivity (Wildman–Crippen MR) is 103 cm³/mol. The van der Waals surface area contributed by atoms with Crippen LogP contribution in [0.25, 0.3) is 0 Å². The molecule has 1 amide bonds. The average Bonchev–Trinajstić information content (AvgIpc) is 3.13. The topological polar surface area (TPSA) is 89.2 Å². The number of benzene rings is 2. The number of hydrazone groups is 1. The maximum absolute atomic E-state index is 12.9. The third kappa shape index (κ3) is 3.05. The number of carbonyl (C=O) groups excluding carboxylic acids is 1. The van der Waals surface area contributed by atoms with Crippen LogP contribution in [0.4, 0.5) is 5.69 Å². The first-order valence-electron chi connectivity index (χ1n) is 8.96. The summed E-state index contributed by atoms with van der Waals surface area (Å²) in [6.45, 7) is 2.90. The lowest BCUT2D eigenvalue weighted by Crippen LogP contribution is -2.40. The second-order valence-electron chi connectivity index (χ2n) is 6.70. The second-order valence-corrected chi connectivity index (χ2v) is 6.70. The number of amides is 1. The first-order chi connectivity index (χ1) is 13.1. The zero-order valence-electron chi connectivity index (χ0n) is 15.4. The minimum absolute atomic E-state index is 0.0305. The predicted octanol–water partition coefficient (Wildman–Crippen LogP) is 2.26. The van der Waals surface area contributed by atoms with Crippen LogP contribution in [0.3, 0.4) is 0 Å². The summed E-state index contributed by atoms with van der Waals surface area (Å²) >= 11 is 0. The summed E-state index contributed by atoms with van der Waals surface area (Å²) in [6, 6.07) is 10.7. The standard InChI is InChI=1S/C20H22N4O3/c1-3-8-24(2)20(25)19-15-10-17-16(26-11-27-17)9-14(15)18(22-23-19)12-4-6-13(21)7-5-12/h4-7,9-10,19,23H,3,8,11,21H2,1-2H3. The Bertz CT molecular complexity index is 908. The van der Waals surface area contributed by atoms with E-state index in [1.165, 1.54) is 0 Å². The molecule has 27 heavy (non-hydrogen) atoms. The van der Waals surface area contributed by atoms with E-state index in [-0.39, 0.29) is 12.7 Å². The van der Waals surface area contributed by atoms with Crippen molar-refractivity contribution in [2.24, 2.45) is 5.10 Å². The van der Waals surface area contributed by atoms with Crippen molar-refractivity contribution in [2.75, 3.05) is 26.1 Å². The van der Waals surface area contributed by atoms with Gasteiger partial charge in [-0.05, 0) is 36.2 Å². The molecule has 3 N–H and O–H groups in total. The molecule has 2 aromatic carbocycles. The van der Waals surface area contributed by atoms with Gasteiger partial charge in [0.2, 0.25) is 6.79 Å². The van der Waals surface area contributed by atoms with Crippen molar-refractivity contribution in [2.45, 2.75) is 19.4 Å². The van der Waals surface area contributed by atoms with Crippen molar-refractivity contribution < 1.29 is 14.3 Å². The van der Waals surface area contributed by atoms with Crippen LogP contribution in [-0.2, 0) is 4.79 Å². The Labute approximate surface area is 157 Å². The quantitative estimate of drug-likeness (QED) is 0.810. The zero-order chi connectivity index (χ0) is 19.0. The summed E-state index contributed by atoms with van der Waals surface area (Å²) in [5.74, 6) is 1.27. The van der Waals surface area contributed by atoms with Crippen LogP contribution in [0.2, 0.25) is 0 Å². The van der Waals surface area contributed by atoms with E-state index in [0.717, 1.165) is 28.8 Å². The van der Waals surface area contributed by atoms with E-state index in [2.05, 4.69) is 10.5 Å². The second kappa shape index (κ2) is 6.83. The molecule has 2 heterocycles. The van der Waals surface area contributed by atoms with Gasteiger partial charge in [0.1, 0.15) is 6.04 Å². The van der Waals surface area contributed by atoms with Gasteiger partial charge in [-0.2, -0.15) is 5.10 Å². The number of nitrogen functional groups attached to an aromatic ring is 1. The van der Waals surface area contributed by atoms with Crippen molar-refractivity contribution in [3.8, 4) is 11.5 Å².